The quantitative estimate of drug-likeness (QED) is 0.808. The third kappa shape index (κ3) is 3.33. The molecule has 2 heterocycles. The first kappa shape index (κ1) is 14.7. The summed E-state index contributed by atoms with van der Waals surface area (Å²) in [5, 5.41) is 9.96. The summed E-state index contributed by atoms with van der Waals surface area (Å²) in [6, 6.07) is 13.2. The van der Waals surface area contributed by atoms with Gasteiger partial charge in [-0.25, -0.2) is 0 Å². The topological polar surface area (TPSA) is 49.4 Å². The van der Waals surface area contributed by atoms with Crippen molar-refractivity contribution < 1.29 is 9.15 Å². The number of morpholine rings is 1. The average Bonchev–Trinajstić information content (AvgIpc) is 3.02. The van der Waals surface area contributed by atoms with Crippen LogP contribution in [0.25, 0.3) is 11.6 Å². The van der Waals surface area contributed by atoms with Gasteiger partial charge in [0.25, 0.3) is 0 Å². The molecule has 112 valence electrons. The molecule has 3 rings (SSSR count). The van der Waals surface area contributed by atoms with Crippen molar-refractivity contribution >= 4 is 29.1 Å². The van der Waals surface area contributed by atoms with Gasteiger partial charge in [-0.15, -0.1) is 0 Å². The van der Waals surface area contributed by atoms with E-state index in [1.807, 2.05) is 24.3 Å². The number of furan rings is 1. The fourth-order valence-corrected chi connectivity index (χ4v) is 2.54. The minimum atomic E-state index is 0.519. The van der Waals surface area contributed by atoms with E-state index in [9.17, 15) is 5.26 Å². The molecule has 2 aromatic rings. The SMILES string of the molecule is N#C/C(=C\c1ccc(N2CCOCC2)o1)c1cccc(Cl)c1. The molecule has 1 aromatic carbocycles. The third-order valence-electron chi connectivity index (χ3n) is 3.48. The molecule has 22 heavy (non-hydrogen) atoms. The monoisotopic (exact) mass is 314 g/mol. The summed E-state index contributed by atoms with van der Waals surface area (Å²) < 4.78 is 11.1. The van der Waals surface area contributed by atoms with Crippen LogP contribution in [0, 0.1) is 11.3 Å². The smallest absolute Gasteiger partial charge is 0.196 e. The highest BCUT2D eigenvalue weighted by Crippen LogP contribution is 2.25. The molecule has 0 saturated carbocycles. The summed E-state index contributed by atoms with van der Waals surface area (Å²) in [7, 11) is 0. The molecule has 0 unspecified atom stereocenters. The van der Waals surface area contributed by atoms with Crippen LogP contribution in [0.3, 0.4) is 0 Å². The van der Waals surface area contributed by atoms with E-state index in [2.05, 4.69) is 11.0 Å². The molecule has 0 atom stereocenters. The van der Waals surface area contributed by atoms with Crippen LogP contribution in [-0.4, -0.2) is 26.3 Å². The lowest BCUT2D eigenvalue weighted by Gasteiger charge is -2.26. The van der Waals surface area contributed by atoms with Crippen LogP contribution in [-0.2, 0) is 4.74 Å². The summed E-state index contributed by atoms with van der Waals surface area (Å²) in [6.07, 6.45) is 1.73. The van der Waals surface area contributed by atoms with Crippen molar-refractivity contribution in [3.63, 3.8) is 0 Å². The molecule has 1 aliphatic rings. The van der Waals surface area contributed by atoms with Gasteiger partial charge < -0.3 is 14.1 Å². The summed E-state index contributed by atoms with van der Waals surface area (Å²) in [5.74, 6) is 1.45. The molecule has 0 spiro atoms. The molecule has 1 aromatic heterocycles. The Kier molecular flexibility index (Phi) is 4.47. The van der Waals surface area contributed by atoms with Crippen molar-refractivity contribution in [2.24, 2.45) is 0 Å². The minimum Gasteiger partial charge on any atom is -0.441 e. The first-order valence-electron chi connectivity index (χ1n) is 7.06. The standard InChI is InChI=1S/C17H15ClN2O2/c18-15-3-1-2-13(10-15)14(12-19)11-16-4-5-17(22-16)20-6-8-21-9-7-20/h1-5,10-11H,6-9H2/b14-11+. The van der Waals surface area contributed by atoms with E-state index in [-0.39, 0.29) is 0 Å². The normalized spacial score (nSPS) is 15.6. The van der Waals surface area contributed by atoms with E-state index in [1.54, 1.807) is 18.2 Å². The van der Waals surface area contributed by atoms with E-state index >= 15 is 0 Å². The highest BCUT2D eigenvalue weighted by molar-refractivity contribution is 6.30. The summed E-state index contributed by atoms with van der Waals surface area (Å²) in [6.45, 7) is 3.04. The van der Waals surface area contributed by atoms with Crippen molar-refractivity contribution in [2.75, 3.05) is 31.2 Å². The van der Waals surface area contributed by atoms with Crippen LogP contribution in [0.4, 0.5) is 5.88 Å². The second kappa shape index (κ2) is 6.69. The first-order valence-corrected chi connectivity index (χ1v) is 7.44. The number of rotatable bonds is 3. The van der Waals surface area contributed by atoms with Gasteiger partial charge in [0.15, 0.2) is 5.88 Å². The molecular weight excluding hydrogens is 300 g/mol. The number of ether oxygens (including phenoxy) is 1. The molecule has 0 amide bonds. The number of nitriles is 1. The van der Waals surface area contributed by atoms with E-state index < -0.39 is 0 Å². The Labute approximate surface area is 134 Å². The van der Waals surface area contributed by atoms with E-state index in [4.69, 9.17) is 20.8 Å². The fourth-order valence-electron chi connectivity index (χ4n) is 2.35. The predicted molar refractivity (Wildman–Crippen MR) is 86.7 cm³/mol. The van der Waals surface area contributed by atoms with Gasteiger partial charge in [-0.2, -0.15) is 5.26 Å². The Morgan fingerprint density at radius 3 is 2.77 bits per heavy atom. The van der Waals surface area contributed by atoms with Crippen molar-refractivity contribution in [2.45, 2.75) is 0 Å². The molecule has 0 bridgehead atoms. The Bertz CT molecular complexity index is 724. The number of hydrogen-bond donors (Lipinski definition) is 0. The second-order valence-electron chi connectivity index (χ2n) is 4.96. The maximum Gasteiger partial charge on any atom is 0.196 e. The number of allylic oxidation sites excluding steroid dienone is 1. The zero-order valence-electron chi connectivity index (χ0n) is 12.0. The maximum absolute atomic E-state index is 9.36. The van der Waals surface area contributed by atoms with Crippen LogP contribution >= 0.6 is 11.6 Å². The van der Waals surface area contributed by atoms with Crippen LogP contribution in [0.15, 0.2) is 40.8 Å². The molecule has 1 aliphatic heterocycles. The number of benzene rings is 1. The zero-order valence-corrected chi connectivity index (χ0v) is 12.7. The molecule has 5 heteroatoms. The molecule has 4 nitrogen and oxygen atoms in total. The van der Waals surface area contributed by atoms with Crippen molar-refractivity contribution in [3.8, 4) is 6.07 Å². The van der Waals surface area contributed by atoms with Crippen LogP contribution in [0.2, 0.25) is 5.02 Å². The Hall–Kier alpha value is -2.22. The average molecular weight is 315 g/mol. The first-order chi connectivity index (χ1) is 10.8. The predicted octanol–water partition coefficient (Wildman–Crippen LogP) is 3.83. The highest BCUT2D eigenvalue weighted by atomic mass is 35.5. The molecule has 0 radical (unpaired) electrons. The van der Waals surface area contributed by atoms with Crippen LogP contribution in [0.1, 0.15) is 11.3 Å². The van der Waals surface area contributed by atoms with Gasteiger partial charge >= 0.3 is 0 Å². The summed E-state index contributed by atoms with van der Waals surface area (Å²) in [5.41, 5.74) is 1.30. The van der Waals surface area contributed by atoms with Crippen molar-refractivity contribution in [1.82, 2.24) is 0 Å². The molecule has 0 N–H and O–H groups in total. The maximum atomic E-state index is 9.36. The fraction of sp³-hybridized carbons (Fsp3) is 0.235. The molecular formula is C17H15ClN2O2. The second-order valence-corrected chi connectivity index (χ2v) is 5.39. The van der Waals surface area contributed by atoms with E-state index in [1.165, 1.54) is 0 Å². The van der Waals surface area contributed by atoms with E-state index in [0.717, 1.165) is 24.5 Å². The largest absolute Gasteiger partial charge is 0.441 e. The minimum absolute atomic E-state index is 0.519. The van der Waals surface area contributed by atoms with Crippen LogP contribution < -0.4 is 4.90 Å². The van der Waals surface area contributed by atoms with Gasteiger partial charge in [0.05, 0.1) is 24.9 Å². The van der Waals surface area contributed by atoms with Crippen molar-refractivity contribution in [3.05, 3.63) is 52.7 Å². The number of halogens is 1. The van der Waals surface area contributed by atoms with E-state index in [0.29, 0.717) is 29.6 Å². The molecule has 0 aliphatic carbocycles. The Morgan fingerprint density at radius 2 is 2.05 bits per heavy atom. The van der Waals surface area contributed by atoms with Gasteiger partial charge in [0.2, 0.25) is 0 Å². The van der Waals surface area contributed by atoms with Gasteiger partial charge in [-0.3, -0.25) is 0 Å². The number of anilines is 1. The van der Waals surface area contributed by atoms with Gasteiger partial charge in [-0.05, 0) is 29.8 Å². The van der Waals surface area contributed by atoms with Gasteiger partial charge in [0.1, 0.15) is 5.76 Å². The lowest BCUT2D eigenvalue weighted by atomic mass is 10.1. The Balaban J connectivity index is 1.84. The summed E-state index contributed by atoms with van der Waals surface area (Å²) >= 11 is 5.98. The molecule has 1 fully saturated rings. The lowest BCUT2D eigenvalue weighted by Crippen LogP contribution is -2.35. The summed E-state index contributed by atoms with van der Waals surface area (Å²) in [4.78, 5) is 2.13. The van der Waals surface area contributed by atoms with Crippen molar-refractivity contribution in [1.29, 1.82) is 5.26 Å². The number of hydrogen-bond acceptors (Lipinski definition) is 4. The number of nitrogens with zero attached hydrogens (tertiary/aromatic N) is 2. The highest BCUT2D eigenvalue weighted by Gasteiger charge is 2.14. The Morgan fingerprint density at radius 1 is 1.23 bits per heavy atom. The lowest BCUT2D eigenvalue weighted by molar-refractivity contribution is 0.120. The van der Waals surface area contributed by atoms with Gasteiger partial charge in [-0.1, -0.05) is 23.7 Å². The third-order valence-corrected chi connectivity index (χ3v) is 3.71. The molecule has 1 saturated heterocycles. The van der Waals surface area contributed by atoms with Crippen LogP contribution in [0.5, 0.6) is 0 Å². The van der Waals surface area contributed by atoms with Gasteiger partial charge in [0, 0.05) is 24.2 Å². The zero-order chi connectivity index (χ0) is 15.4.